The van der Waals surface area contributed by atoms with Crippen molar-refractivity contribution >= 4 is 29.4 Å². The third-order valence-corrected chi connectivity index (χ3v) is 7.01. The highest BCUT2D eigenvalue weighted by Crippen LogP contribution is 2.37. The number of aromatic nitrogens is 2. The number of amides is 1. The van der Waals surface area contributed by atoms with Crippen molar-refractivity contribution in [2.75, 3.05) is 36.4 Å². The average Bonchev–Trinajstić information content (AvgIpc) is 3.80. The van der Waals surface area contributed by atoms with E-state index < -0.39 is 11.6 Å². The number of allylic oxidation sites excluding steroid dienone is 1. The summed E-state index contributed by atoms with van der Waals surface area (Å²) in [5, 5.41) is 6.30. The average molecular weight is 561 g/mol. The quantitative estimate of drug-likeness (QED) is 0.212. The Balaban J connectivity index is 1.77. The predicted octanol–water partition coefficient (Wildman–Crippen LogP) is 6.77. The molecule has 0 aliphatic heterocycles. The van der Waals surface area contributed by atoms with Gasteiger partial charge in [0.05, 0.1) is 5.69 Å². The minimum atomic E-state index is -0.740. The molecule has 1 aliphatic carbocycles. The molecule has 0 unspecified atom stereocenters. The second-order valence-electron chi connectivity index (χ2n) is 9.89. The first-order valence-corrected chi connectivity index (χ1v) is 14.2. The lowest BCUT2D eigenvalue weighted by Gasteiger charge is -2.24. The number of anilines is 3. The van der Waals surface area contributed by atoms with Crippen LogP contribution in [0.3, 0.4) is 0 Å². The topological polar surface area (TPSA) is 73.4 Å². The van der Waals surface area contributed by atoms with Gasteiger partial charge in [0.1, 0.15) is 17.3 Å². The van der Waals surface area contributed by atoms with Crippen LogP contribution in [0.25, 0.3) is 17.3 Å². The summed E-state index contributed by atoms with van der Waals surface area (Å²) in [7, 11) is 0. The largest absolute Gasteiger partial charge is 0.354 e. The fraction of sp³-hybridized carbons (Fsp3) is 0.344. The number of nitrogens with one attached hydrogen (secondary N) is 2. The molecule has 216 valence electrons. The number of halogens is 2. The lowest BCUT2D eigenvalue weighted by Crippen LogP contribution is -2.25. The second kappa shape index (κ2) is 14.0. The zero-order valence-corrected chi connectivity index (χ0v) is 24.0. The summed E-state index contributed by atoms with van der Waals surface area (Å²) in [4.78, 5) is 25.7. The Morgan fingerprint density at radius 3 is 2.34 bits per heavy atom. The van der Waals surface area contributed by atoms with Gasteiger partial charge in [0.15, 0.2) is 5.82 Å². The van der Waals surface area contributed by atoms with Crippen molar-refractivity contribution in [2.45, 2.75) is 46.1 Å². The van der Waals surface area contributed by atoms with Gasteiger partial charge in [-0.15, -0.1) is 0 Å². The first-order chi connectivity index (χ1) is 19.9. The maximum Gasteiger partial charge on any atom is 0.251 e. The van der Waals surface area contributed by atoms with E-state index in [2.05, 4.69) is 36.0 Å². The monoisotopic (exact) mass is 560 g/mol. The Hall–Kier alpha value is -4.11. The summed E-state index contributed by atoms with van der Waals surface area (Å²) < 4.78 is 29.9. The zero-order chi connectivity index (χ0) is 29.4. The van der Waals surface area contributed by atoms with E-state index in [1.807, 2.05) is 25.1 Å². The SMILES string of the molecule is C=CN(c1nc(NCCCN(CC)CC)nc(-c2ccc(C(=O)NC3CC3)cc2)c1/C=C\C)c1c(F)cccc1F. The summed E-state index contributed by atoms with van der Waals surface area (Å²) in [6.07, 6.45) is 7.85. The number of nitrogens with zero attached hydrogens (tertiary/aromatic N) is 4. The molecule has 41 heavy (non-hydrogen) atoms. The molecule has 3 aromatic rings. The zero-order valence-electron chi connectivity index (χ0n) is 24.0. The molecule has 0 bridgehead atoms. The number of para-hydroxylation sites is 1. The Bertz CT molecular complexity index is 1360. The molecule has 1 fully saturated rings. The van der Waals surface area contributed by atoms with Crippen LogP contribution in [-0.4, -0.2) is 53.0 Å². The first-order valence-electron chi connectivity index (χ1n) is 14.2. The third kappa shape index (κ3) is 7.35. The van der Waals surface area contributed by atoms with Crippen LogP contribution < -0.4 is 15.5 Å². The van der Waals surface area contributed by atoms with E-state index in [0.29, 0.717) is 29.3 Å². The van der Waals surface area contributed by atoms with E-state index in [0.717, 1.165) is 44.5 Å². The molecule has 2 N–H and O–H groups in total. The molecule has 9 heteroatoms. The van der Waals surface area contributed by atoms with Gasteiger partial charge in [-0.25, -0.2) is 13.8 Å². The molecule has 1 saturated carbocycles. The molecular formula is C32H38F2N6O. The number of benzene rings is 2. The molecule has 0 radical (unpaired) electrons. The van der Waals surface area contributed by atoms with E-state index in [4.69, 9.17) is 9.97 Å². The van der Waals surface area contributed by atoms with Crippen LogP contribution in [0.1, 0.15) is 56.0 Å². The van der Waals surface area contributed by atoms with Crippen molar-refractivity contribution in [2.24, 2.45) is 0 Å². The molecule has 1 heterocycles. The molecule has 0 atom stereocenters. The minimum Gasteiger partial charge on any atom is -0.354 e. The summed E-state index contributed by atoms with van der Waals surface area (Å²) >= 11 is 0. The van der Waals surface area contributed by atoms with E-state index >= 15 is 0 Å². The van der Waals surface area contributed by atoms with Gasteiger partial charge < -0.3 is 15.5 Å². The minimum absolute atomic E-state index is 0.112. The molecule has 0 saturated heterocycles. The van der Waals surface area contributed by atoms with Crippen LogP contribution in [0.15, 0.2) is 61.3 Å². The number of hydrogen-bond donors (Lipinski definition) is 2. The van der Waals surface area contributed by atoms with E-state index in [-0.39, 0.29) is 23.5 Å². The van der Waals surface area contributed by atoms with Gasteiger partial charge >= 0.3 is 0 Å². The fourth-order valence-electron chi connectivity index (χ4n) is 4.58. The molecule has 7 nitrogen and oxygen atoms in total. The summed E-state index contributed by atoms with van der Waals surface area (Å²) in [5.74, 6) is -0.997. The number of hydrogen-bond acceptors (Lipinski definition) is 6. The third-order valence-electron chi connectivity index (χ3n) is 7.01. The lowest BCUT2D eigenvalue weighted by molar-refractivity contribution is 0.0951. The smallest absolute Gasteiger partial charge is 0.251 e. The van der Waals surface area contributed by atoms with Crippen LogP contribution in [-0.2, 0) is 0 Å². The lowest BCUT2D eigenvalue weighted by atomic mass is 10.0. The predicted molar refractivity (Wildman–Crippen MR) is 162 cm³/mol. The van der Waals surface area contributed by atoms with Gasteiger partial charge in [0, 0.05) is 35.5 Å². The van der Waals surface area contributed by atoms with Crippen LogP contribution in [0.5, 0.6) is 0 Å². The van der Waals surface area contributed by atoms with Crippen LogP contribution in [0, 0.1) is 11.6 Å². The highest BCUT2D eigenvalue weighted by Gasteiger charge is 2.25. The molecule has 1 aromatic heterocycles. The van der Waals surface area contributed by atoms with Gasteiger partial charge in [-0.2, -0.15) is 4.98 Å². The Labute approximate surface area is 241 Å². The van der Waals surface area contributed by atoms with Crippen molar-refractivity contribution in [1.29, 1.82) is 0 Å². The van der Waals surface area contributed by atoms with E-state index in [1.165, 1.54) is 29.3 Å². The number of rotatable bonds is 14. The van der Waals surface area contributed by atoms with Crippen molar-refractivity contribution in [3.63, 3.8) is 0 Å². The maximum absolute atomic E-state index is 15.0. The van der Waals surface area contributed by atoms with Crippen molar-refractivity contribution < 1.29 is 13.6 Å². The van der Waals surface area contributed by atoms with Crippen LogP contribution in [0.2, 0.25) is 0 Å². The van der Waals surface area contributed by atoms with E-state index in [1.54, 1.807) is 18.2 Å². The normalized spacial score (nSPS) is 13.0. The Kier molecular flexibility index (Phi) is 10.2. The van der Waals surface area contributed by atoms with Crippen molar-refractivity contribution in [1.82, 2.24) is 20.2 Å². The van der Waals surface area contributed by atoms with Gasteiger partial charge in [-0.1, -0.05) is 50.8 Å². The summed E-state index contributed by atoms with van der Waals surface area (Å²) in [5.41, 5.74) is 2.11. The van der Waals surface area contributed by atoms with Crippen LogP contribution >= 0.6 is 0 Å². The van der Waals surface area contributed by atoms with Crippen molar-refractivity contribution in [3.05, 3.63) is 84.1 Å². The van der Waals surface area contributed by atoms with Gasteiger partial charge in [-0.05, 0) is 70.1 Å². The molecular weight excluding hydrogens is 522 g/mol. The van der Waals surface area contributed by atoms with Crippen LogP contribution in [0.4, 0.5) is 26.2 Å². The highest BCUT2D eigenvalue weighted by molar-refractivity contribution is 5.95. The molecule has 1 amide bonds. The number of carbonyl (C=O) groups excluding carboxylic acids is 1. The highest BCUT2D eigenvalue weighted by atomic mass is 19.1. The molecule has 2 aromatic carbocycles. The standard InChI is InChI=1S/C32H38F2N6O/c1-5-11-25-28(22-14-16-23(17-15-22)31(41)36-24-18-19-24)37-32(35-20-10-21-39(6-2)7-3)38-30(25)40(8-4)29-26(33)12-9-13-27(29)34/h5,8-9,11-17,24H,4,6-7,10,18-21H2,1-3H3,(H,36,41)(H,35,37,38)/b11-5-. The number of carbonyl (C=O) groups is 1. The summed E-state index contributed by atoms with van der Waals surface area (Å²) in [6.45, 7) is 13.4. The fourth-order valence-corrected chi connectivity index (χ4v) is 4.58. The second-order valence-corrected chi connectivity index (χ2v) is 9.89. The van der Waals surface area contributed by atoms with Crippen molar-refractivity contribution in [3.8, 4) is 11.3 Å². The maximum atomic E-state index is 15.0. The Morgan fingerprint density at radius 2 is 1.76 bits per heavy atom. The molecule has 0 spiro atoms. The van der Waals surface area contributed by atoms with E-state index in [9.17, 15) is 13.6 Å². The van der Waals surface area contributed by atoms with Gasteiger partial charge in [-0.3, -0.25) is 9.69 Å². The molecule has 1 aliphatic rings. The Morgan fingerprint density at radius 1 is 1.07 bits per heavy atom. The first kappa shape index (κ1) is 29.9. The van der Waals surface area contributed by atoms with Gasteiger partial charge in [0.2, 0.25) is 5.95 Å². The summed E-state index contributed by atoms with van der Waals surface area (Å²) in [6, 6.07) is 11.1. The van der Waals surface area contributed by atoms with Gasteiger partial charge in [0.25, 0.3) is 5.91 Å². The molecule has 4 rings (SSSR count).